The van der Waals surface area contributed by atoms with Gasteiger partial charge in [-0.05, 0) is 30.7 Å². The number of rotatable bonds is 7. The standard InChI is InChI=1S/C16H15N3O7/c1-10-7-11(18(21)22)3-5-13(10)17-16(20)9-26-15-6-4-12(25-2)8-14(15)19(23)24/h3-8H,9H2,1-2H3,(H,17,20). The van der Waals surface area contributed by atoms with Crippen molar-refractivity contribution in [2.45, 2.75) is 6.92 Å². The summed E-state index contributed by atoms with van der Waals surface area (Å²) < 4.78 is 10.1. The first-order chi connectivity index (χ1) is 12.3. The zero-order valence-electron chi connectivity index (χ0n) is 13.9. The summed E-state index contributed by atoms with van der Waals surface area (Å²) in [6.07, 6.45) is 0. The van der Waals surface area contributed by atoms with E-state index in [-0.39, 0.29) is 22.9 Å². The molecule has 0 aliphatic carbocycles. The van der Waals surface area contributed by atoms with Crippen molar-refractivity contribution in [3.8, 4) is 11.5 Å². The maximum Gasteiger partial charge on any atom is 0.314 e. The Kier molecular flexibility index (Phi) is 5.68. The first-order valence-corrected chi connectivity index (χ1v) is 7.32. The fourth-order valence-corrected chi connectivity index (χ4v) is 2.12. The maximum atomic E-state index is 12.0. The highest BCUT2D eigenvalue weighted by molar-refractivity contribution is 5.92. The lowest BCUT2D eigenvalue weighted by Crippen LogP contribution is -2.21. The average molecular weight is 361 g/mol. The van der Waals surface area contributed by atoms with Crippen molar-refractivity contribution in [1.29, 1.82) is 0 Å². The van der Waals surface area contributed by atoms with Crippen molar-refractivity contribution in [3.05, 3.63) is 62.2 Å². The summed E-state index contributed by atoms with van der Waals surface area (Å²) in [5, 5.41) is 24.3. The van der Waals surface area contributed by atoms with E-state index in [0.717, 1.165) is 0 Å². The Morgan fingerprint density at radius 3 is 2.42 bits per heavy atom. The van der Waals surface area contributed by atoms with E-state index in [2.05, 4.69) is 5.32 Å². The number of carbonyl (C=O) groups excluding carboxylic acids is 1. The molecule has 0 aromatic heterocycles. The molecule has 0 spiro atoms. The lowest BCUT2D eigenvalue weighted by atomic mass is 10.2. The fraction of sp³-hybridized carbons (Fsp3) is 0.188. The Morgan fingerprint density at radius 1 is 1.12 bits per heavy atom. The molecule has 0 bridgehead atoms. The van der Waals surface area contributed by atoms with Crippen LogP contribution in [-0.2, 0) is 4.79 Å². The number of amides is 1. The molecule has 2 aromatic rings. The number of anilines is 1. The first-order valence-electron chi connectivity index (χ1n) is 7.32. The highest BCUT2D eigenvalue weighted by atomic mass is 16.6. The topological polar surface area (TPSA) is 134 Å². The summed E-state index contributed by atoms with van der Waals surface area (Å²) in [7, 11) is 1.37. The SMILES string of the molecule is COc1ccc(OCC(=O)Nc2ccc([N+](=O)[O-])cc2C)c([N+](=O)[O-])c1. The number of nitrogens with one attached hydrogen (secondary N) is 1. The number of ether oxygens (including phenoxy) is 2. The fourth-order valence-electron chi connectivity index (χ4n) is 2.12. The van der Waals surface area contributed by atoms with Gasteiger partial charge in [0.05, 0.1) is 23.0 Å². The smallest absolute Gasteiger partial charge is 0.314 e. The molecule has 0 saturated heterocycles. The van der Waals surface area contributed by atoms with Crippen LogP contribution in [0.3, 0.4) is 0 Å². The molecular weight excluding hydrogens is 346 g/mol. The molecule has 0 heterocycles. The van der Waals surface area contributed by atoms with Crippen molar-refractivity contribution in [2.24, 2.45) is 0 Å². The van der Waals surface area contributed by atoms with E-state index in [1.165, 1.54) is 43.5 Å². The van der Waals surface area contributed by atoms with Gasteiger partial charge in [0.25, 0.3) is 11.6 Å². The van der Waals surface area contributed by atoms with Crippen LogP contribution in [0.4, 0.5) is 17.1 Å². The Labute approximate surface area is 147 Å². The van der Waals surface area contributed by atoms with Crippen molar-refractivity contribution in [1.82, 2.24) is 0 Å². The highest BCUT2D eigenvalue weighted by Crippen LogP contribution is 2.31. The zero-order valence-corrected chi connectivity index (χ0v) is 13.9. The summed E-state index contributed by atoms with van der Waals surface area (Å²) in [5.41, 5.74) is 0.464. The Hall–Kier alpha value is -3.69. The second-order valence-corrected chi connectivity index (χ2v) is 5.18. The Morgan fingerprint density at radius 2 is 1.85 bits per heavy atom. The van der Waals surface area contributed by atoms with E-state index in [4.69, 9.17) is 9.47 Å². The first kappa shape index (κ1) is 18.6. The lowest BCUT2D eigenvalue weighted by Gasteiger charge is -2.10. The number of methoxy groups -OCH3 is 1. The second-order valence-electron chi connectivity index (χ2n) is 5.18. The average Bonchev–Trinajstić information content (AvgIpc) is 2.61. The summed E-state index contributed by atoms with van der Waals surface area (Å²) in [5.74, 6) is -0.353. The third-order valence-electron chi connectivity index (χ3n) is 3.42. The summed E-state index contributed by atoms with van der Waals surface area (Å²) >= 11 is 0. The van der Waals surface area contributed by atoms with Crippen molar-refractivity contribution >= 4 is 23.0 Å². The molecule has 1 amide bonds. The van der Waals surface area contributed by atoms with Gasteiger partial charge in [-0.1, -0.05) is 0 Å². The molecule has 1 N–H and O–H groups in total. The summed E-state index contributed by atoms with van der Waals surface area (Å²) in [6, 6.07) is 7.99. The third kappa shape index (κ3) is 4.44. The van der Waals surface area contributed by atoms with E-state index in [0.29, 0.717) is 11.3 Å². The lowest BCUT2D eigenvalue weighted by molar-refractivity contribution is -0.385. The van der Waals surface area contributed by atoms with Gasteiger partial charge in [0.15, 0.2) is 12.4 Å². The van der Waals surface area contributed by atoms with Crippen LogP contribution in [-0.4, -0.2) is 29.5 Å². The molecule has 0 aliphatic rings. The molecule has 0 radical (unpaired) electrons. The molecule has 0 saturated carbocycles. The van der Waals surface area contributed by atoms with Gasteiger partial charge in [-0.3, -0.25) is 25.0 Å². The minimum absolute atomic E-state index is 0.0774. The van der Waals surface area contributed by atoms with Crippen LogP contribution in [0.25, 0.3) is 0 Å². The summed E-state index contributed by atoms with van der Waals surface area (Å²) in [6.45, 7) is 1.14. The minimum Gasteiger partial charge on any atom is -0.496 e. The summed E-state index contributed by atoms with van der Waals surface area (Å²) in [4.78, 5) is 32.6. The molecule has 26 heavy (non-hydrogen) atoms. The Bertz CT molecular complexity index is 867. The molecule has 136 valence electrons. The predicted molar refractivity (Wildman–Crippen MR) is 91.6 cm³/mol. The van der Waals surface area contributed by atoms with Crippen LogP contribution in [0.5, 0.6) is 11.5 Å². The van der Waals surface area contributed by atoms with Gasteiger partial charge in [-0.25, -0.2) is 0 Å². The van der Waals surface area contributed by atoms with Crippen molar-refractivity contribution in [2.75, 3.05) is 19.0 Å². The number of nitro groups is 2. The number of carbonyl (C=O) groups is 1. The predicted octanol–water partition coefficient (Wildman–Crippen LogP) is 2.84. The van der Waals surface area contributed by atoms with Crippen LogP contribution in [0.2, 0.25) is 0 Å². The van der Waals surface area contributed by atoms with Gasteiger partial charge >= 0.3 is 5.69 Å². The number of nitro benzene ring substituents is 2. The largest absolute Gasteiger partial charge is 0.496 e. The maximum absolute atomic E-state index is 12.0. The van der Waals surface area contributed by atoms with E-state index < -0.39 is 22.4 Å². The van der Waals surface area contributed by atoms with Crippen molar-refractivity contribution < 1.29 is 24.1 Å². The highest BCUT2D eigenvalue weighted by Gasteiger charge is 2.18. The molecule has 0 fully saturated rings. The molecule has 0 unspecified atom stereocenters. The molecule has 2 aromatic carbocycles. The number of non-ortho nitro benzene ring substituents is 1. The molecule has 0 aliphatic heterocycles. The second kappa shape index (κ2) is 7.92. The molecule has 2 rings (SSSR count). The number of hydrogen-bond acceptors (Lipinski definition) is 7. The molecule has 10 nitrogen and oxygen atoms in total. The minimum atomic E-state index is -0.643. The van der Waals surface area contributed by atoms with Crippen LogP contribution in [0.15, 0.2) is 36.4 Å². The van der Waals surface area contributed by atoms with Crippen LogP contribution in [0.1, 0.15) is 5.56 Å². The van der Waals surface area contributed by atoms with Crippen LogP contribution in [0, 0.1) is 27.2 Å². The van der Waals surface area contributed by atoms with Gasteiger partial charge in [0.1, 0.15) is 5.75 Å². The van der Waals surface area contributed by atoms with Crippen LogP contribution >= 0.6 is 0 Å². The van der Waals surface area contributed by atoms with Gasteiger partial charge in [0.2, 0.25) is 0 Å². The van der Waals surface area contributed by atoms with Gasteiger partial charge in [-0.2, -0.15) is 0 Å². The van der Waals surface area contributed by atoms with Gasteiger partial charge < -0.3 is 14.8 Å². The number of hydrogen-bond donors (Lipinski definition) is 1. The van der Waals surface area contributed by atoms with Crippen molar-refractivity contribution in [3.63, 3.8) is 0 Å². The number of nitrogens with zero attached hydrogens (tertiary/aromatic N) is 2. The van der Waals surface area contributed by atoms with Gasteiger partial charge in [-0.15, -0.1) is 0 Å². The van der Waals surface area contributed by atoms with Crippen LogP contribution < -0.4 is 14.8 Å². The molecule has 10 heteroatoms. The zero-order chi connectivity index (χ0) is 19.3. The molecule has 0 atom stereocenters. The molecular formula is C16H15N3O7. The van der Waals surface area contributed by atoms with Gasteiger partial charge in [0, 0.05) is 17.8 Å². The monoisotopic (exact) mass is 361 g/mol. The van der Waals surface area contributed by atoms with E-state index in [1.807, 2.05) is 0 Å². The van der Waals surface area contributed by atoms with E-state index >= 15 is 0 Å². The Balaban J connectivity index is 2.05. The number of aryl methyl sites for hydroxylation is 1. The quantitative estimate of drug-likeness (QED) is 0.592. The normalized spacial score (nSPS) is 10.1. The van der Waals surface area contributed by atoms with E-state index in [9.17, 15) is 25.0 Å². The number of benzene rings is 2. The third-order valence-corrected chi connectivity index (χ3v) is 3.42. The van der Waals surface area contributed by atoms with E-state index in [1.54, 1.807) is 6.92 Å².